The van der Waals surface area contributed by atoms with Gasteiger partial charge < -0.3 is 0 Å². The van der Waals surface area contributed by atoms with Crippen LogP contribution in [-0.4, -0.2) is 10.9 Å². The molecule has 3 rings (SSSR count). The number of hydrogen-bond acceptors (Lipinski definition) is 4. The zero-order chi connectivity index (χ0) is 17.6. The van der Waals surface area contributed by atoms with Crippen LogP contribution in [0.2, 0.25) is 0 Å². The van der Waals surface area contributed by atoms with Crippen LogP contribution < -0.4 is 5.32 Å². The molecule has 0 aliphatic carbocycles. The van der Waals surface area contributed by atoms with E-state index in [1.54, 1.807) is 6.08 Å². The van der Waals surface area contributed by atoms with E-state index in [4.69, 9.17) is 0 Å². The second-order valence-electron chi connectivity index (χ2n) is 5.44. The Balaban J connectivity index is 1.76. The summed E-state index contributed by atoms with van der Waals surface area (Å²) in [4.78, 5) is 16.7. The molecule has 2 aromatic carbocycles. The second-order valence-corrected chi connectivity index (χ2v) is 6.30. The first-order valence-corrected chi connectivity index (χ1v) is 8.54. The van der Waals surface area contributed by atoms with Gasteiger partial charge in [0.15, 0.2) is 5.13 Å². The third-order valence-corrected chi connectivity index (χ3v) is 4.31. The van der Waals surface area contributed by atoms with Crippen LogP contribution in [-0.2, 0) is 4.79 Å². The first-order valence-electron chi connectivity index (χ1n) is 7.66. The number of anilines is 1. The van der Waals surface area contributed by atoms with Gasteiger partial charge in [-0.1, -0.05) is 60.2 Å². The maximum Gasteiger partial charge on any atom is 0.268 e. The highest BCUT2D eigenvalue weighted by Crippen LogP contribution is 2.25. The summed E-state index contributed by atoms with van der Waals surface area (Å²) < 4.78 is 0. The normalized spacial score (nSPS) is 11.0. The Hall–Kier alpha value is -3.23. The number of nitriles is 1. The highest BCUT2D eigenvalue weighted by atomic mass is 32.1. The molecule has 1 heterocycles. The van der Waals surface area contributed by atoms with Crippen LogP contribution in [0, 0.1) is 18.3 Å². The second kappa shape index (κ2) is 7.56. The lowest BCUT2D eigenvalue weighted by Gasteiger charge is -2.01. The SMILES string of the molecule is Cc1ccc(/C=C(\C#N)C(=O)Nc2nc(-c3ccccc3)cs2)cc1. The van der Waals surface area contributed by atoms with Gasteiger partial charge in [-0.05, 0) is 18.6 Å². The van der Waals surface area contributed by atoms with Gasteiger partial charge in [0, 0.05) is 10.9 Å². The lowest BCUT2D eigenvalue weighted by atomic mass is 10.1. The van der Waals surface area contributed by atoms with Gasteiger partial charge in [0.05, 0.1) is 5.69 Å². The molecule has 1 amide bonds. The molecular formula is C20H15N3OS. The standard InChI is InChI=1S/C20H15N3OS/c1-14-7-9-15(10-8-14)11-17(12-21)19(24)23-20-22-18(13-25-20)16-5-3-2-4-6-16/h2-11,13H,1H3,(H,22,23,24)/b17-11+. The average molecular weight is 345 g/mol. The highest BCUT2D eigenvalue weighted by molar-refractivity contribution is 7.14. The number of thiazole rings is 1. The molecule has 0 aliphatic rings. The van der Waals surface area contributed by atoms with Crippen LogP contribution in [0.4, 0.5) is 5.13 Å². The number of aryl methyl sites for hydroxylation is 1. The van der Waals surface area contributed by atoms with Gasteiger partial charge in [0.25, 0.3) is 5.91 Å². The average Bonchev–Trinajstić information content (AvgIpc) is 3.10. The molecule has 122 valence electrons. The van der Waals surface area contributed by atoms with E-state index in [1.165, 1.54) is 11.3 Å². The number of benzene rings is 2. The first kappa shape index (κ1) is 16.6. The molecule has 1 aromatic heterocycles. The number of aromatic nitrogens is 1. The lowest BCUT2D eigenvalue weighted by Crippen LogP contribution is -2.13. The molecular weight excluding hydrogens is 330 g/mol. The Morgan fingerprint density at radius 3 is 2.56 bits per heavy atom. The van der Waals surface area contributed by atoms with Crippen LogP contribution in [0.3, 0.4) is 0 Å². The van der Waals surface area contributed by atoms with Crippen LogP contribution in [0.5, 0.6) is 0 Å². The van der Waals surface area contributed by atoms with Crippen molar-refractivity contribution in [2.45, 2.75) is 6.92 Å². The number of rotatable bonds is 4. The molecule has 4 nitrogen and oxygen atoms in total. The van der Waals surface area contributed by atoms with E-state index in [-0.39, 0.29) is 5.57 Å². The fourth-order valence-electron chi connectivity index (χ4n) is 2.22. The van der Waals surface area contributed by atoms with Gasteiger partial charge in [-0.25, -0.2) is 4.98 Å². The van der Waals surface area contributed by atoms with E-state index in [0.717, 1.165) is 22.4 Å². The van der Waals surface area contributed by atoms with Crippen molar-refractivity contribution in [1.82, 2.24) is 4.98 Å². The Kier molecular flexibility index (Phi) is 5.03. The summed E-state index contributed by atoms with van der Waals surface area (Å²) in [6.07, 6.45) is 1.57. The van der Waals surface area contributed by atoms with Crippen LogP contribution in [0.25, 0.3) is 17.3 Å². The maximum absolute atomic E-state index is 12.3. The fraction of sp³-hybridized carbons (Fsp3) is 0.0500. The zero-order valence-corrected chi connectivity index (χ0v) is 14.4. The molecule has 0 aliphatic heterocycles. The van der Waals surface area contributed by atoms with Crippen molar-refractivity contribution in [3.05, 3.63) is 76.7 Å². The molecule has 0 unspecified atom stereocenters. The number of nitrogens with zero attached hydrogens (tertiary/aromatic N) is 2. The molecule has 5 heteroatoms. The first-order chi connectivity index (χ1) is 12.2. The Morgan fingerprint density at radius 1 is 1.16 bits per heavy atom. The summed E-state index contributed by atoms with van der Waals surface area (Å²) in [5, 5.41) is 14.3. The third-order valence-electron chi connectivity index (χ3n) is 3.55. The van der Waals surface area contributed by atoms with Gasteiger partial charge in [0.2, 0.25) is 0 Å². The molecule has 1 N–H and O–H groups in total. The summed E-state index contributed by atoms with van der Waals surface area (Å²) in [5.41, 5.74) is 3.75. The van der Waals surface area contributed by atoms with E-state index in [1.807, 2.05) is 73.0 Å². The third kappa shape index (κ3) is 4.19. The minimum atomic E-state index is -0.461. The summed E-state index contributed by atoms with van der Waals surface area (Å²) in [6, 6.07) is 19.3. The topological polar surface area (TPSA) is 65.8 Å². The molecule has 0 saturated carbocycles. The van der Waals surface area contributed by atoms with Crippen molar-refractivity contribution in [1.29, 1.82) is 5.26 Å². The number of amides is 1. The van der Waals surface area contributed by atoms with Crippen molar-refractivity contribution in [3.63, 3.8) is 0 Å². The number of nitrogens with one attached hydrogen (secondary N) is 1. The minimum absolute atomic E-state index is 0.0420. The van der Waals surface area contributed by atoms with Gasteiger partial charge in [-0.15, -0.1) is 11.3 Å². The minimum Gasteiger partial charge on any atom is -0.297 e. The van der Waals surface area contributed by atoms with E-state index >= 15 is 0 Å². The highest BCUT2D eigenvalue weighted by Gasteiger charge is 2.12. The monoisotopic (exact) mass is 345 g/mol. The van der Waals surface area contributed by atoms with Crippen molar-refractivity contribution >= 4 is 28.5 Å². The zero-order valence-electron chi connectivity index (χ0n) is 13.6. The van der Waals surface area contributed by atoms with Gasteiger partial charge >= 0.3 is 0 Å². The van der Waals surface area contributed by atoms with E-state index in [2.05, 4.69) is 10.3 Å². The summed E-state index contributed by atoms with van der Waals surface area (Å²) >= 11 is 1.33. The van der Waals surface area contributed by atoms with Gasteiger partial charge in [-0.2, -0.15) is 5.26 Å². The number of carbonyl (C=O) groups excluding carboxylic acids is 1. The lowest BCUT2D eigenvalue weighted by molar-refractivity contribution is -0.112. The molecule has 0 bridgehead atoms. The molecule has 0 spiro atoms. The molecule has 3 aromatic rings. The Labute approximate surface area is 150 Å². The van der Waals surface area contributed by atoms with Crippen molar-refractivity contribution in [2.75, 3.05) is 5.32 Å². The predicted octanol–water partition coefficient (Wildman–Crippen LogP) is 4.66. The quantitative estimate of drug-likeness (QED) is 0.552. The molecule has 0 saturated heterocycles. The van der Waals surface area contributed by atoms with Crippen molar-refractivity contribution in [2.24, 2.45) is 0 Å². The van der Waals surface area contributed by atoms with Crippen LogP contribution in [0.15, 0.2) is 65.6 Å². The summed E-state index contributed by atoms with van der Waals surface area (Å²) in [5.74, 6) is -0.461. The molecule has 0 radical (unpaired) electrons. The Bertz CT molecular complexity index is 951. The van der Waals surface area contributed by atoms with Crippen LogP contribution >= 0.6 is 11.3 Å². The predicted molar refractivity (Wildman–Crippen MR) is 101 cm³/mol. The summed E-state index contributed by atoms with van der Waals surface area (Å²) in [7, 11) is 0. The van der Waals surface area contributed by atoms with Gasteiger partial charge in [0.1, 0.15) is 11.6 Å². The van der Waals surface area contributed by atoms with E-state index in [9.17, 15) is 10.1 Å². The molecule has 0 atom stereocenters. The smallest absolute Gasteiger partial charge is 0.268 e. The van der Waals surface area contributed by atoms with Crippen molar-refractivity contribution < 1.29 is 4.79 Å². The van der Waals surface area contributed by atoms with Gasteiger partial charge in [-0.3, -0.25) is 10.1 Å². The Morgan fingerprint density at radius 2 is 1.88 bits per heavy atom. The maximum atomic E-state index is 12.3. The molecule has 0 fully saturated rings. The molecule has 25 heavy (non-hydrogen) atoms. The largest absolute Gasteiger partial charge is 0.297 e. The number of hydrogen-bond donors (Lipinski definition) is 1. The number of carbonyl (C=O) groups is 1. The van der Waals surface area contributed by atoms with E-state index in [0.29, 0.717) is 5.13 Å². The van der Waals surface area contributed by atoms with E-state index < -0.39 is 5.91 Å². The fourth-order valence-corrected chi connectivity index (χ4v) is 2.93. The van der Waals surface area contributed by atoms with Crippen LogP contribution in [0.1, 0.15) is 11.1 Å². The summed E-state index contributed by atoms with van der Waals surface area (Å²) in [6.45, 7) is 1.98. The van der Waals surface area contributed by atoms with Crippen molar-refractivity contribution in [3.8, 4) is 17.3 Å².